The van der Waals surface area contributed by atoms with Crippen molar-refractivity contribution in [1.29, 1.82) is 0 Å². The van der Waals surface area contributed by atoms with Gasteiger partial charge >= 0.3 is 5.97 Å². The van der Waals surface area contributed by atoms with E-state index < -0.39 is 11.8 Å². The first-order valence-electron chi connectivity index (χ1n) is 8.84. The molecule has 4 heteroatoms. The monoisotopic (exact) mass is 362 g/mol. The number of hydrogen-bond acceptors (Lipinski definition) is 4. The number of rotatable bonds is 6. The number of carbonyl (C=O) groups excluding carboxylic acids is 1. The van der Waals surface area contributed by atoms with Crippen LogP contribution in [0.15, 0.2) is 84.9 Å². The molecule has 0 aliphatic carbocycles. The Kier molecular flexibility index (Phi) is 5.46. The molecular weight excluding hydrogens is 340 g/mol. The predicted molar refractivity (Wildman–Crippen MR) is 104 cm³/mol. The fourth-order valence-electron chi connectivity index (χ4n) is 2.88. The van der Waals surface area contributed by atoms with Gasteiger partial charge in [0.25, 0.3) is 5.79 Å². The Morgan fingerprint density at radius 2 is 1.41 bits per heavy atom. The highest BCUT2D eigenvalue weighted by Gasteiger charge is 2.43. The fourth-order valence-corrected chi connectivity index (χ4v) is 2.88. The third kappa shape index (κ3) is 3.95. The number of hydrogen-bond donors (Lipinski definition) is 1. The molecule has 1 atom stereocenters. The zero-order valence-corrected chi connectivity index (χ0v) is 15.3. The van der Waals surface area contributed by atoms with Gasteiger partial charge < -0.3 is 14.6 Å². The number of carbonyl (C=O) groups is 1. The van der Waals surface area contributed by atoms with Crippen LogP contribution in [0.4, 0.5) is 0 Å². The Bertz CT molecular complexity index is 891. The summed E-state index contributed by atoms with van der Waals surface area (Å²) < 4.78 is 12.2. The van der Waals surface area contributed by atoms with Gasteiger partial charge in [-0.15, -0.1) is 0 Å². The third-order valence-corrected chi connectivity index (χ3v) is 4.32. The lowest BCUT2D eigenvalue weighted by Gasteiger charge is -2.37. The molecule has 0 saturated carbocycles. The van der Waals surface area contributed by atoms with Gasteiger partial charge in [-0.25, -0.2) is 4.79 Å². The van der Waals surface area contributed by atoms with Gasteiger partial charge in [0, 0.05) is 11.5 Å². The molecule has 0 heterocycles. The van der Waals surface area contributed by atoms with E-state index in [0.717, 1.165) is 0 Å². The van der Waals surface area contributed by atoms with E-state index in [2.05, 4.69) is 0 Å². The van der Waals surface area contributed by atoms with Crippen molar-refractivity contribution in [3.8, 4) is 11.5 Å². The number of aromatic hydroxyl groups is 1. The molecule has 0 radical (unpaired) electrons. The van der Waals surface area contributed by atoms with Crippen molar-refractivity contribution in [3.05, 3.63) is 96.1 Å². The van der Waals surface area contributed by atoms with Crippen LogP contribution < -0.4 is 4.74 Å². The number of para-hydroxylation sites is 2. The van der Waals surface area contributed by atoms with Gasteiger partial charge in [-0.2, -0.15) is 0 Å². The Hall–Kier alpha value is -3.27. The maximum atomic E-state index is 12.9. The number of phenolic OH excluding ortho intramolecular Hbond substituents is 1. The minimum atomic E-state index is -1.35. The zero-order valence-electron chi connectivity index (χ0n) is 15.3. The van der Waals surface area contributed by atoms with Gasteiger partial charge in [0.15, 0.2) is 0 Å². The summed E-state index contributed by atoms with van der Waals surface area (Å²) in [7, 11) is 0. The molecule has 27 heavy (non-hydrogen) atoms. The maximum absolute atomic E-state index is 12.9. The van der Waals surface area contributed by atoms with Crippen molar-refractivity contribution in [3.63, 3.8) is 0 Å². The summed E-state index contributed by atoms with van der Waals surface area (Å²) in [5.74, 6) is -1.74. The van der Waals surface area contributed by atoms with Crippen molar-refractivity contribution in [2.45, 2.75) is 19.6 Å². The molecule has 0 amide bonds. The Morgan fingerprint density at radius 1 is 0.852 bits per heavy atom. The van der Waals surface area contributed by atoms with E-state index in [1.165, 1.54) is 12.1 Å². The Labute approximate surface area is 159 Å². The van der Waals surface area contributed by atoms with Crippen LogP contribution >= 0.6 is 0 Å². The van der Waals surface area contributed by atoms with Gasteiger partial charge in [0.05, 0.1) is 0 Å². The van der Waals surface area contributed by atoms with Crippen molar-refractivity contribution >= 4 is 5.97 Å². The molecule has 4 nitrogen and oxygen atoms in total. The molecule has 1 unspecified atom stereocenters. The smallest absolute Gasteiger partial charge is 0.345 e. The second-order valence-electron chi connectivity index (χ2n) is 6.51. The molecule has 0 saturated heterocycles. The van der Waals surface area contributed by atoms with Crippen LogP contribution in [-0.2, 0) is 10.5 Å². The molecule has 0 aliphatic heterocycles. The molecule has 0 bridgehead atoms. The van der Waals surface area contributed by atoms with Gasteiger partial charge in [-0.1, -0.05) is 74.5 Å². The van der Waals surface area contributed by atoms with Gasteiger partial charge in [-0.05, 0) is 24.3 Å². The predicted octanol–water partition coefficient (Wildman–Crippen LogP) is 5.14. The molecule has 0 spiro atoms. The molecule has 0 aliphatic rings. The van der Waals surface area contributed by atoms with Gasteiger partial charge in [-0.3, -0.25) is 0 Å². The lowest BCUT2D eigenvalue weighted by atomic mass is 9.93. The number of ether oxygens (including phenoxy) is 2. The molecule has 3 rings (SSSR count). The average Bonchev–Trinajstić information content (AvgIpc) is 2.69. The van der Waals surface area contributed by atoms with Crippen molar-refractivity contribution in [2.24, 2.45) is 5.92 Å². The van der Waals surface area contributed by atoms with E-state index in [1.54, 1.807) is 12.1 Å². The topological polar surface area (TPSA) is 55.8 Å². The lowest BCUT2D eigenvalue weighted by molar-refractivity contribution is -0.182. The number of benzene rings is 3. The standard InChI is InChI=1S/C23H22O4/c1-17(2)23(18-11-5-3-6-12-18,26-19-13-7-4-8-14-19)27-22(25)20-15-9-10-16-21(20)24/h3-17,24H,1-2H3. The SMILES string of the molecule is CC(C)C(OC(=O)c1ccccc1O)(Oc1ccccc1)c1ccccc1. The van der Waals surface area contributed by atoms with Crippen LogP contribution in [0.5, 0.6) is 11.5 Å². The van der Waals surface area contributed by atoms with Crippen molar-refractivity contribution < 1.29 is 19.4 Å². The number of phenols is 1. The Balaban J connectivity index is 2.06. The van der Waals surface area contributed by atoms with E-state index in [-0.39, 0.29) is 17.2 Å². The van der Waals surface area contributed by atoms with Crippen LogP contribution in [0.2, 0.25) is 0 Å². The van der Waals surface area contributed by atoms with Crippen molar-refractivity contribution in [2.75, 3.05) is 0 Å². The summed E-state index contributed by atoms with van der Waals surface area (Å²) in [5, 5.41) is 10.0. The maximum Gasteiger partial charge on any atom is 0.345 e. The van der Waals surface area contributed by atoms with E-state index in [9.17, 15) is 9.90 Å². The summed E-state index contributed by atoms with van der Waals surface area (Å²) in [6, 6.07) is 24.9. The molecule has 0 fully saturated rings. The van der Waals surface area contributed by atoms with Crippen LogP contribution in [0, 0.1) is 5.92 Å². The zero-order chi connectivity index (χ0) is 19.3. The van der Waals surface area contributed by atoms with Crippen LogP contribution in [-0.4, -0.2) is 11.1 Å². The highest BCUT2D eigenvalue weighted by molar-refractivity contribution is 5.92. The van der Waals surface area contributed by atoms with E-state index in [1.807, 2.05) is 74.5 Å². The first-order valence-corrected chi connectivity index (χ1v) is 8.84. The normalized spacial score (nSPS) is 13.0. The van der Waals surface area contributed by atoms with E-state index in [4.69, 9.17) is 9.47 Å². The Morgan fingerprint density at radius 3 is 2.00 bits per heavy atom. The molecule has 1 N–H and O–H groups in total. The minimum absolute atomic E-state index is 0.0927. The molecule has 3 aromatic carbocycles. The lowest BCUT2D eigenvalue weighted by Crippen LogP contribution is -2.43. The highest BCUT2D eigenvalue weighted by atomic mass is 16.7. The van der Waals surface area contributed by atoms with Crippen LogP contribution in [0.1, 0.15) is 29.8 Å². The first-order chi connectivity index (χ1) is 13.0. The van der Waals surface area contributed by atoms with Crippen LogP contribution in [0.25, 0.3) is 0 Å². The second kappa shape index (κ2) is 7.96. The van der Waals surface area contributed by atoms with E-state index >= 15 is 0 Å². The summed E-state index contributed by atoms with van der Waals surface area (Å²) in [6.07, 6.45) is 0. The third-order valence-electron chi connectivity index (χ3n) is 4.32. The average molecular weight is 362 g/mol. The minimum Gasteiger partial charge on any atom is -0.507 e. The first kappa shape index (κ1) is 18.5. The molecule has 3 aromatic rings. The van der Waals surface area contributed by atoms with Gasteiger partial charge in [0.2, 0.25) is 0 Å². The summed E-state index contributed by atoms with van der Waals surface area (Å²) >= 11 is 0. The summed E-state index contributed by atoms with van der Waals surface area (Å²) in [6.45, 7) is 3.85. The van der Waals surface area contributed by atoms with Gasteiger partial charge in [0.1, 0.15) is 17.1 Å². The molecular formula is C23H22O4. The second-order valence-corrected chi connectivity index (χ2v) is 6.51. The summed E-state index contributed by atoms with van der Waals surface area (Å²) in [5.41, 5.74) is 0.808. The van der Waals surface area contributed by atoms with Crippen LogP contribution in [0.3, 0.4) is 0 Å². The highest BCUT2D eigenvalue weighted by Crippen LogP contribution is 2.38. The largest absolute Gasteiger partial charge is 0.507 e. The van der Waals surface area contributed by atoms with E-state index in [0.29, 0.717) is 11.3 Å². The van der Waals surface area contributed by atoms with Crippen molar-refractivity contribution in [1.82, 2.24) is 0 Å². The molecule has 0 aromatic heterocycles. The summed E-state index contributed by atoms with van der Waals surface area (Å²) in [4.78, 5) is 12.9. The molecule has 138 valence electrons. The number of esters is 1. The quantitative estimate of drug-likeness (QED) is 0.487. The fraction of sp³-hybridized carbons (Fsp3) is 0.174.